The van der Waals surface area contributed by atoms with E-state index in [1.807, 2.05) is 42.5 Å². The van der Waals surface area contributed by atoms with Crippen LogP contribution in [0.2, 0.25) is 0 Å². The minimum atomic E-state index is -0.533. The molecule has 0 spiro atoms. The second-order valence-corrected chi connectivity index (χ2v) is 3.93. The average molecular weight is 217 g/mol. The van der Waals surface area contributed by atoms with Crippen molar-refractivity contribution in [3.63, 3.8) is 0 Å². The molecule has 2 aromatic rings. The topological polar surface area (TPSA) is 43.1 Å². The van der Waals surface area contributed by atoms with Crippen LogP contribution >= 0.6 is 12.6 Å². The normalized spacial score (nSPS) is 12.6. The third-order valence-corrected chi connectivity index (χ3v) is 2.91. The molecule has 0 heterocycles. The SMILES string of the molecule is NC(=O)C(S)c1ccc2ccccc2c1. The zero-order valence-corrected chi connectivity index (χ0v) is 8.95. The number of primary amides is 1. The lowest BCUT2D eigenvalue weighted by Crippen LogP contribution is -2.16. The van der Waals surface area contributed by atoms with Crippen LogP contribution in [0.4, 0.5) is 0 Å². The quantitative estimate of drug-likeness (QED) is 0.745. The fourth-order valence-electron chi connectivity index (χ4n) is 1.54. The molecule has 0 saturated carbocycles. The van der Waals surface area contributed by atoms with E-state index in [4.69, 9.17) is 5.73 Å². The Bertz CT molecular complexity index is 510. The Morgan fingerprint density at radius 2 is 1.80 bits per heavy atom. The van der Waals surface area contributed by atoms with Gasteiger partial charge in [-0.2, -0.15) is 12.6 Å². The average Bonchev–Trinajstić information content (AvgIpc) is 2.27. The van der Waals surface area contributed by atoms with Gasteiger partial charge in [0.1, 0.15) is 5.25 Å². The van der Waals surface area contributed by atoms with E-state index >= 15 is 0 Å². The van der Waals surface area contributed by atoms with Gasteiger partial charge < -0.3 is 5.73 Å². The molecule has 15 heavy (non-hydrogen) atoms. The summed E-state index contributed by atoms with van der Waals surface area (Å²) in [6, 6.07) is 13.8. The van der Waals surface area contributed by atoms with Crippen LogP contribution in [-0.2, 0) is 4.79 Å². The molecule has 1 unspecified atom stereocenters. The lowest BCUT2D eigenvalue weighted by atomic mass is 10.0. The van der Waals surface area contributed by atoms with E-state index < -0.39 is 11.2 Å². The van der Waals surface area contributed by atoms with E-state index in [1.165, 1.54) is 0 Å². The molecule has 0 aliphatic rings. The third kappa shape index (κ3) is 1.97. The van der Waals surface area contributed by atoms with E-state index in [1.54, 1.807) is 0 Å². The van der Waals surface area contributed by atoms with Crippen molar-refractivity contribution in [3.8, 4) is 0 Å². The highest BCUT2D eigenvalue weighted by Gasteiger charge is 2.12. The van der Waals surface area contributed by atoms with Crippen LogP contribution < -0.4 is 5.73 Å². The maximum absolute atomic E-state index is 11.0. The number of carbonyl (C=O) groups excluding carboxylic acids is 1. The van der Waals surface area contributed by atoms with Crippen LogP contribution in [0.25, 0.3) is 10.8 Å². The summed E-state index contributed by atoms with van der Waals surface area (Å²) in [4.78, 5) is 11.0. The van der Waals surface area contributed by atoms with E-state index in [2.05, 4.69) is 12.6 Å². The standard InChI is InChI=1S/C12H11NOS/c13-12(14)11(15)10-6-5-8-3-1-2-4-9(8)7-10/h1-7,11,15H,(H2,13,14). The van der Waals surface area contributed by atoms with Crippen LogP contribution in [0.1, 0.15) is 10.8 Å². The van der Waals surface area contributed by atoms with E-state index in [0.29, 0.717) is 0 Å². The van der Waals surface area contributed by atoms with Gasteiger partial charge in [-0.1, -0.05) is 36.4 Å². The van der Waals surface area contributed by atoms with Crippen molar-refractivity contribution in [2.75, 3.05) is 0 Å². The smallest absolute Gasteiger partial charge is 0.234 e. The Balaban J connectivity index is 2.51. The zero-order valence-electron chi connectivity index (χ0n) is 8.05. The van der Waals surface area contributed by atoms with E-state index in [9.17, 15) is 4.79 Å². The monoisotopic (exact) mass is 217 g/mol. The Hall–Kier alpha value is -1.48. The van der Waals surface area contributed by atoms with Crippen molar-refractivity contribution in [2.24, 2.45) is 5.73 Å². The largest absolute Gasteiger partial charge is 0.368 e. The Labute approximate surface area is 93.5 Å². The van der Waals surface area contributed by atoms with Crippen LogP contribution in [0.3, 0.4) is 0 Å². The highest BCUT2D eigenvalue weighted by atomic mass is 32.1. The van der Waals surface area contributed by atoms with E-state index in [-0.39, 0.29) is 0 Å². The molecule has 0 aliphatic heterocycles. The van der Waals surface area contributed by atoms with Gasteiger partial charge in [0.2, 0.25) is 5.91 Å². The van der Waals surface area contributed by atoms with Gasteiger partial charge >= 0.3 is 0 Å². The van der Waals surface area contributed by atoms with Crippen LogP contribution in [0.5, 0.6) is 0 Å². The Kier molecular flexibility index (Phi) is 2.64. The molecule has 0 fully saturated rings. The van der Waals surface area contributed by atoms with Crippen molar-refractivity contribution in [1.82, 2.24) is 0 Å². The van der Waals surface area contributed by atoms with Crippen molar-refractivity contribution in [2.45, 2.75) is 5.25 Å². The highest BCUT2D eigenvalue weighted by molar-refractivity contribution is 7.81. The molecule has 1 amide bonds. The van der Waals surface area contributed by atoms with Gasteiger partial charge in [-0.25, -0.2) is 0 Å². The molecule has 0 aromatic heterocycles. The summed E-state index contributed by atoms with van der Waals surface area (Å²) < 4.78 is 0. The molecule has 76 valence electrons. The molecule has 1 atom stereocenters. The third-order valence-electron chi connectivity index (χ3n) is 2.36. The van der Waals surface area contributed by atoms with Gasteiger partial charge in [0.05, 0.1) is 0 Å². The summed E-state index contributed by atoms with van der Waals surface area (Å²) in [5.41, 5.74) is 6.03. The number of thiol groups is 1. The van der Waals surface area contributed by atoms with Gasteiger partial charge in [-0.15, -0.1) is 0 Å². The lowest BCUT2D eigenvalue weighted by Gasteiger charge is -2.07. The second-order valence-electron chi connectivity index (χ2n) is 3.41. The van der Waals surface area contributed by atoms with Crippen LogP contribution in [0.15, 0.2) is 42.5 Å². The number of amides is 1. The molecular weight excluding hydrogens is 206 g/mol. The summed E-state index contributed by atoms with van der Waals surface area (Å²) >= 11 is 4.17. The number of benzene rings is 2. The predicted molar refractivity (Wildman–Crippen MR) is 64.9 cm³/mol. The zero-order chi connectivity index (χ0) is 10.8. The minimum Gasteiger partial charge on any atom is -0.368 e. The van der Waals surface area contributed by atoms with Gasteiger partial charge in [0.15, 0.2) is 0 Å². The van der Waals surface area contributed by atoms with Gasteiger partial charge in [0.25, 0.3) is 0 Å². The van der Waals surface area contributed by atoms with Gasteiger partial charge in [-0.3, -0.25) is 4.79 Å². The maximum Gasteiger partial charge on any atom is 0.234 e. The van der Waals surface area contributed by atoms with E-state index in [0.717, 1.165) is 16.3 Å². The molecule has 0 bridgehead atoms. The summed E-state index contributed by atoms with van der Waals surface area (Å²) in [5.74, 6) is -0.423. The molecule has 2 nitrogen and oxygen atoms in total. The summed E-state index contributed by atoms with van der Waals surface area (Å²) in [7, 11) is 0. The molecule has 3 heteroatoms. The number of fused-ring (bicyclic) bond motifs is 1. The first-order chi connectivity index (χ1) is 7.18. The van der Waals surface area contributed by atoms with Gasteiger partial charge in [-0.05, 0) is 22.4 Å². The van der Waals surface area contributed by atoms with Crippen molar-refractivity contribution >= 4 is 29.3 Å². The molecule has 0 aliphatic carbocycles. The summed E-state index contributed by atoms with van der Waals surface area (Å²) in [6.07, 6.45) is 0. The summed E-state index contributed by atoms with van der Waals surface area (Å²) in [5, 5.41) is 1.70. The maximum atomic E-state index is 11.0. The molecule has 0 radical (unpaired) electrons. The minimum absolute atomic E-state index is 0.423. The van der Waals surface area contributed by atoms with Crippen molar-refractivity contribution < 1.29 is 4.79 Å². The Morgan fingerprint density at radius 1 is 1.13 bits per heavy atom. The highest BCUT2D eigenvalue weighted by Crippen LogP contribution is 2.23. The number of carbonyl (C=O) groups is 1. The van der Waals surface area contributed by atoms with Crippen molar-refractivity contribution in [1.29, 1.82) is 0 Å². The number of nitrogens with two attached hydrogens (primary N) is 1. The fraction of sp³-hybridized carbons (Fsp3) is 0.0833. The Morgan fingerprint density at radius 3 is 2.47 bits per heavy atom. The molecule has 2 aromatic carbocycles. The number of hydrogen-bond donors (Lipinski definition) is 2. The first kappa shape index (κ1) is 10.1. The summed E-state index contributed by atoms with van der Waals surface area (Å²) in [6.45, 7) is 0. The second kappa shape index (κ2) is 3.95. The molecule has 2 N–H and O–H groups in total. The first-order valence-electron chi connectivity index (χ1n) is 4.64. The predicted octanol–water partition coefficient (Wildman–Crippen LogP) is 2.30. The fourth-order valence-corrected chi connectivity index (χ4v) is 1.70. The first-order valence-corrected chi connectivity index (χ1v) is 5.16. The number of hydrogen-bond acceptors (Lipinski definition) is 2. The van der Waals surface area contributed by atoms with Crippen molar-refractivity contribution in [3.05, 3.63) is 48.0 Å². The molecule has 0 saturated heterocycles. The van der Waals surface area contributed by atoms with Crippen LogP contribution in [0, 0.1) is 0 Å². The molecular formula is C12H11NOS. The van der Waals surface area contributed by atoms with Crippen LogP contribution in [-0.4, -0.2) is 5.91 Å². The lowest BCUT2D eigenvalue weighted by molar-refractivity contribution is -0.117. The molecule has 2 rings (SSSR count). The van der Waals surface area contributed by atoms with Gasteiger partial charge in [0, 0.05) is 0 Å². The number of rotatable bonds is 2.